The molecule has 1 amide bonds. The summed E-state index contributed by atoms with van der Waals surface area (Å²) in [6.45, 7) is 9.98. The number of hydrogen-bond acceptors (Lipinski definition) is 8. The van der Waals surface area contributed by atoms with Crippen molar-refractivity contribution in [2.24, 2.45) is 34.8 Å². The summed E-state index contributed by atoms with van der Waals surface area (Å²) < 4.78 is 6.05. The van der Waals surface area contributed by atoms with Crippen molar-refractivity contribution in [2.45, 2.75) is 77.9 Å². The molecule has 0 radical (unpaired) electrons. The number of carbonyl (C=O) groups excluding carboxylic acids is 1. The standard InChI is InChI=1S/C35H53N5O4/c1-20-28-15-25(35(28,3)4)16-29(20)38-34(42)32-31(21(2)41)30(17-36)44-40(32)19-23-10-9-11-27(33(23)43-8)24-12-22(18-37-5)13-26(14-24)39(6)7/h9-14,20-21,25,28-32,37,41H,15-19,36H2,1-8H3,(H,38,42)/t20-,21-,25+,28-,29-,30-,31+,32-/m0/s1. The van der Waals surface area contributed by atoms with Gasteiger partial charge in [0, 0.05) is 56.0 Å². The molecule has 2 aromatic carbocycles. The highest BCUT2D eigenvalue weighted by molar-refractivity contribution is 5.83. The van der Waals surface area contributed by atoms with E-state index in [0.29, 0.717) is 29.7 Å². The van der Waals surface area contributed by atoms with Crippen molar-refractivity contribution in [3.05, 3.63) is 47.5 Å². The monoisotopic (exact) mass is 607 g/mol. The van der Waals surface area contributed by atoms with Crippen LogP contribution in [0.25, 0.3) is 11.1 Å². The summed E-state index contributed by atoms with van der Waals surface area (Å²) in [5, 5.41) is 19.3. The van der Waals surface area contributed by atoms with Crippen molar-refractivity contribution >= 4 is 11.6 Å². The van der Waals surface area contributed by atoms with Crippen LogP contribution in [0, 0.1) is 29.1 Å². The van der Waals surface area contributed by atoms with E-state index in [-0.39, 0.29) is 18.5 Å². The summed E-state index contributed by atoms with van der Waals surface area (Å²) in [7, 11) is 7.70. The molecule has 1 saturated heterocycles. The minimum Gasteiger partial charge on any atom is -0.496 e. The van der Waals surface area contributed by atoms with Gasteiger partial charge in [-0.15, -0.1) is 0 Å². The van der Waals surface area contributed by atoms with Crippen molar-refractivity contribution in [3.8, 4) is 16.9 Å². The van der Waals surface area contributed by atoms with E-state index in [1.165, 1.54) is 12.0 Å². The van der Waals surface area contributed by atoms with E-state index >= 15 is 0 Å². The van der Waals surface area contributed by atoms with Gasteiger partial charge in [-0.25, -0.2) is 0 Å². The highest BCUT2D eigenvalue weighted by Gasteiger charge is 2.57. The van der Waals surface area contributed by atoms with Crippen LogP contribution >= 0.6 is 0 Å². The number of hydroxylamine groups is 2. The zero-order valence-electron chi connectivity index (χ0n) is 27.8. The van der Waals surface area contributed by atoms with Crippen molar-refractivity contribution in [1.82, 2.24) is 15.7 Å². The van der Waals surface area contributed by atoms with Crippen molar-refractivity contribution in [2.75, 3.05) is 39.7 Å². The SMILES string of the molecule is CNCc1cc(-c2cccc(CN3O[C@@H](CN)[C@@H]([C@H](C)O)[C@H]3C(=O)N[C@H]3C[C@H]4C[C@@H]([C@@H]3C)C4(C)C)c2OC)cc(N(C)C)c1. The van der Waals surface area contributed by atoms with Crippen LogP contribution in [0.5, 0.6) is 5.75 Å². The first-order valence-corrected chi connectivity index (χ1v) is 16.1. The van der Waals surface area contributed by atoms with E-state index in [1.54, 1.807) is 19.1 Å². The largest absolute Gasteiger partial charge is 0.496 e. The fourth-order valence-electron chi connectivity index (χ4n) is 8.27. The zero-order valence-corrected chi connectivity index (χ0v) is 27.8. The fourth-order valence-corrected chi connectivity index (χ4v) is 8.27. The Morgan fingerprint density at radius 2 is 2.00 bits per heavy atom. The molecule has 2 aromatic rings. The molecule has 0 spiro atoms. The number of hydrogen-bond donors (Lipinski definition) is 4. The van der Waals surface area contributed by atoms with E-state index in [0.717, 1.165) is 41.1 Å². The molecule has 8 atom stereocenters. The van der Waals surface area contributed by atoms with Crippen LogP contribution in [-0.4, -0.2) is 75.2 Å². The molecule has 1 heterocycles. The molecular formula is C35H53N5O4. The van der Waals surface area contributed by atoms with Crippen molar-refractivity contribution < 1.29 is 19.5 Å². The predicted molar refractivity (Wildman–Crippen MR) is 175 cm³/mol. The third-order valence-electron chi connectivity index (χ3n) is 10.9. The summed E-state index contributed by atoms with van der Waals surface area (Å²) in [6, 6.07) is 12.0. The number of rotatable bonds is 11. The molecule has 9 heteroatoms. The number of anilines is 1. The van der Waals surface area contributed by atoms with Gasteiger partial charge in [0.25, 0.3) is 0 Å². The highest BCUT2D eigenvalue weighted by atomic mass is 16.7. The van der Waals surface area contributed by atoms with Gasteiger partial charge in [-0.2, -0.15) is 5.06 Å². The van der Waals surface area contributed by atoms with Crippen LogP contribution in [0.2, 0.25) is 0 Å². The van der Waals surface area contributed by atoms with Crippen LogP contribution in [0.1, 0.15) is 51.7 Å². The van der Waals surface area contributed by atoms with Gasteiger partial charge in [0.1, 0.15) is 11.8 Å². The number of nitrogens with two attached hydrogens (primary N) is 1. The van der Waals surface area contributed by atoms with Gasteiger partial charge in [0.2, 0.25) is 5.91 Å². The Hall–Kier alpha value is -2.69. The minimum atomic E-state index is -0.770. The smallest absolute Gasteiger partial charge is 0.240 e. The predicted octanol–water partition coefficient (Wildman–Crippen LogP) is 3.77. The Kier molecular flexibility index (Phi) is 9.64. The third-order valence-corrected chi connectivity index (χ3v) is 10.9. The Labute approximate surface area is 263 Å². The molecule has 3 saturated carbocycles. The number of nitrogens with zero attached hydrogens (tertiary/aromatic N) is 2. The second-order valence-electron chi connectivity index (χ2n) is 14.1. The Morgan fingerprint density at radius 1 is 1.25 bits per heavy atom. The topological polar surface area (TPSA) is 112 Å². The first kappa shape index (κ1) is 32.7. The summed E-state index contributed by atoms with van der Waals surface area (Å²) in [4.78, 5) is 22.6. The summed E-state index contributed by atoms with van der Waals surface area (Å²) in [6.07, 6.45) is 0.987. The lowest BCUT2D eigenvalue weighted by atomic mass is 9.45. The number of para-hydroxylation sites is 1. The summed E-state index contributed by atoms with van der Waals surface area (Å²) in [5.41, 5.74) is 11.7. The van der Waals surface area contributed by atoms with Crippen LogP contribution in [-0.2, 0) is 22.7 Å². The number of benzene rings is 2. The Balaban J connectivity index is 1.45. The quantitative estimate of drug-likeness (QED) is 0.306. The molecule has 44 heavy (non-hydrogen) atoms. The van der Waals surface area contributed by atoms with Crippen LogP contribution in [0.4, 0.5) is 5.69 Å². The van der Waals surface area contributed by atoms with E-state index < -0.39 is 24.2 Å². The molecule has 1 aliphatic heterocycles. The van der Waals surface area contributed by atoms with E-state index in [9.17, 15) is 9.90 Å². The van der Waals surface area contributed by atoms with Gasteiger partial charge >= 0.3 is 0 Å². The third kappa shape index (κ3) is 5.97. The lowest BCUT2D eigenvalue weighted by molar-refractivity contribution is -0.175. The average Bonchev–Trinajstić information content (AvgIpc) is 3.36. The second-order valence-corrected chi connectivity index (χ2v) is 14.1. The van der Waals surface area contributed by atoms with E-state index in [1.807, 2.05) is 33.3 Å². The molecule has 9 nitrogen and oxygen atoms in total. The number of ether oxygens (including phenoxy) is 1. The van der Waals surface area contributed by atoms with Gasteiger partial charge in [-0.3, -0.25) is 9.63 Å². The number of aliphatic hydroxyl groups is 1. The van der Waals surface area contributed by atoms with E-state index in [4.69, 9.17) is 15.3 Å². The van der Waals surface area contributed by atoms with Gasteiger partial charge < -0.3 is 31.1 Å². The Bertz CT molecular complexity index is 1330. The molecule has 2 bridgehead atoms. The van der Waals surface area contributed by atoms with E-state index in [2.05, 4.69) is 60.6 Å². The maximum atomic E-state index is 14.1. The zero-order chi connectivity index (χ0) is 31.9. The number of fused-ring (bicyclic) bond motifs is 2. The molecule has 242 valence electrons. The molecule has 4 aliphatic rings. The number of aliphatic hydroxyl groups excluding tert-OH is 1. The van der Waals surface area contributed by atoms with Crippen molar-refractivity contribution in [3.63, 3.8) is 0 Å². The molecular weight excluding hydrogens is 554 g/mol. The highest BCUT2D eigenvalue weighted by Crippen LogP contribution is 2.61. The first-order chi connectivity index (χ1) is 20.9. The van der Waals surface area contributed by atoms with Crippen molar-refractivity contribution in [1.29, 1.82) is 0 Å². The van der Waals surface area contributed by atoms with Gasteiger partial charge in [-0.1, -0.05) is 39.0 Å². The fraction of sp³-hybridized carbons (Fsp3) is 0.629. The average molecular weight is 608 g/mol. The molecule has 5 N–H and O–H groups in total. The Morgan fingerprint density at radius 3 is 2.59 bits per heavy atom. The summed E-state index contributed by atoms with van der Waals surface area (Å²) >= 11 is 0. The number of nitrogens with one attached hydrogen (secondary N) is 2. The van der Waals surface area contributed by atoms with Crippen LogP contribution < -0.4 is 26.0 Å². The molecule has 0 aromatic heterocycles. The number of amides is 1. The molecule has 3 aliphatic carbocycles. The lowest BCUT2D eigenvalue weighted by Crippen LogP contribution is -2.62. The molecule has 0 unspecified atom stereocenters. The van der Waals surface area contributed by atoms with Gasteiger partial charge in [0.05, 0.1) is 25.9 Å². The number of methoxy groups -OCH3 is 1. The lowest BCUT2D eigenvalue weighted by Gasteiger charge is -2.62. The number of carbonyl (C=O) groups is 1. The minimum absolute atomic E-state index is 0.103. The second kappa shape index (κ2) is 13.0. The van der Waals surface area contributed by atoms with Gasteiger partial charge in [0.15, 0.2) is 0 Å². The first-order valence-electron chi connectivity index (χ1n) is 16.1. The maximum Gasteiger partial charge on any atom is 0.240 e. The van der Waals surface area contributed by atoms with Gasteiger partial charge in [-0.05, 0) is 79.3 Å². The van der Waals surface area contributed by atoms with Crippen LogP contribution in [0.15, 0.2) is 36.4 Å². The maximum absolute atomic E-state index is 14.1. The normalized spacial score (nSPS) is 30.0. The molecule has 4 fully saturated rings. The molecule has 6 rings (SSSR count). The van der Waals surface area contributed by atoms with Crippen LogP contribution in [0.3, 0.4) is 0 Å². The summed E-state index contributed by atoms with van der Waals surface area (Å²) in [5.74, 6) is 1.80.